The van der Waals surface area contributed by atoms with Crippen molar-refractivity contribution in [1.82, 2.24) is 4.90 Å². The van der Waals surface area contributed by atoms with Gasteiger partial charge in [0.1, 0.15) is 16.4 Å². The number of thiophene rings is 1. The normalized spacial score (nSPS) is 10.2. The van der Waals surface area contributed by atoms with Crippen LogP contribution in [-0.4, -0.2) is 42.6 Å². The summed E-state index contributed by atoms with van der Waals surface area (Å²) in [4.78, 5) is 25.0. The molecule has 1 aromatic carbocycles. The second kappa shape index (κ2) is 7.64. The van der Waals surface area contributed by atoms with E-state index < -0.39 is 5.97 Å². The molecule has 0 aliphatic heterocycles. The van der Waals surface area contributed by atoms with E-state index in [0.29, 0.717) is 22.9 Å². The van der Waals surface area contributed by atoms with Crippen LogP contribution in [0, 0.1) is 0 Å². The number of methoxy groups -OCH3 is 1. The second-order valence-corrected chi connectivity index (χ2v) is 5.72. The minimum absolute atomic E-state index is 0.108. The van der Waals surface area contributed by atoms with E-state index in [4.69, 9.17) is 14.6 Å². The van der Waals surface area contributed by atoms with E-state index in [-0.39, 0.29) is 12.5 Å². The summed E-state index contributed by atoms with van der Waals surface area (Å²) in [5.74, 6) is -0.0818. The van der Waals surface area contributed by atoms with Crippen LogP contribution < -0.4 is 9.47 Å². The van der Waals surface area contributed by atoms with Crippen molar-refractivity contribution in [1.29, 1.82) is 0 Å². The highest BCUT2D eigenvalue weighted by molar-refractivity contribution is 7.12. The first-order valence-electron chi connectivity index (χ1n) is 6.81. The van der Waals surface area contributed by atoms with Crippen molar-refractivity contribution < 1.29 is 24.2 Å². The zero-order chi connectivity index (χ0) is 16.8. The van der Waals surface area contributed by atoms with E-state index >= 15 is 0 Å². The molecular weight excluding hydrogens is 318 g/mol. The zero-order valence-corrected chi connectivity index (χ0v) is 13.6. The fourth-order valence-corrected chi connectivity index (χ4v) is 2.82. The number of aliphatic carboxylic acids is 1. The lowest BCUT2D eigenvalue weighted by molar-refractivity contribution is -0.139. The van der Waals surface area contributed by atoms with E-state index in [0.717, 1.165) is 5.56 Å². The van der Waals surface area contributed by atoms with Crippen LogP contribution in [0.2, 0.25) is 0 Å². The Morgan fingerprint density at radius 3 is 2.52 bits per heavy atom. The van der Waals surface area contributed by atoms with E-state index in [1.165, 1.54) is 18.4 Å². The average molecular weight is 335 g/mol. The van der Waals surface area contributed by atoms with Crippen molar-refractivity contribution in [2.24, 2.45) is 0 Å². The third-order valence-electron chi connectivity index (χ3n) is 3.10. The summed E-state index contributed by atoms with van der Waals surface area (Å²) in [6.45, 7) is 0.0506. The third-order valence-corrected chi connectivity index (χ3v) is 3.98. The van der Waals surface area contributed by atoms with Crippen molar-refractivity contribution in [3.8, 4) is 11.5 Å². The second-order valence-electron chi connectivity index (χ2n) is 4.81. The lowest BCUT2D eigenvalue weighted by Crippen LogP contribution is -2.25. The van der Waals surface area contributed by atoms with Crippen LogP contribution in [0.5, 0.6) is 11.5 Å². The van der Waals surface area contributed by atoms with Gasteiger partial charge < -0.3 is 19.5 Å². The molecule has 1 aromatic heterocycles. The molecule has 122 valence electrons. The summed E-state index contributed by atoms with van der Waals surface area (Å²) < 4.78 is 10.2. The summed E-state index contributed by atoms with van der Waals surface area (Å²) in [6, 6.07) is 8.73. The van der Waals surface area contributed by atoms with E-state index in [2.05, 4.69) is 0 Å². The molecule has 2 rings (SSSR count). The Morgan fingerprint density at radius 1 is 1.22 bits per heavy atom. The minimum atomic E-state index is -1.02. The number of carbonyl (C=O) groups is 2. The number of benzene rings is 1. The van der Waals surface area contributed by atoms with Crippen molar-refractivity contribution in [3.63, 3.8) is 0 Å². The monoisotopic (exact) mass is 335 g/mol. The predicted molar refractivity (Wildman–Crippen MR) is 86.2 cm³/mol. The lowest BCUT2D eigenvalue weighted by Gasteiger charge is -2.17. The van der Waals surface area contributed by atoms with Gasteiger partial charge in [0.2, 0.25) is 0 Å². The Bertz CT molecular complexity index is 680. The van der Waals surface area contributed by atoms with Crippen LogP contribution in [0.1, 0.15) is 15.2 Å². The van der Waals surface area contributed by atoms with Crippen molar-refractivity contribution in [2.45, 2.75) is 6.54 Å². The zero-order valence-electron chi connectivity index (χ0n) is 12.8. The highest BCUT2D eigenvalue weighted by Gasteiger charge is 2.18. The largest absolute Gasteiger partial charge is 0.495 e. The number of hydrogen-bond acceptors (Lipinski definition) is 5. The van der Waals surface area contributed by atoms with Crippen LogP contribution in [0.4, 0.5) is 0 Å². The Balaban J connectivity index is 1.98. The van der Waals surface area contributed by atoms with Crippen LogP contribution in [0.25, 0.3) is 0 Å². The number of ether oxygens (including phenoxy) is 2. The van der Waals surface area contributed by atoms with Gasteiger partial charge in [-0.05, 0) is 29.1 Å². The molecule has 1 heterocycles. The molecule has 0 radical (unpaired) electrons. The van der Waals surface area contributed by atoms with Gasteiger partial charge in [-0.1, -0.05) is 12.1 Å². The van der Waals surface area contributed by atoms with Gasteiger partial charge in [-0.25, -0.2) is 4.79 Å². The maximum atomic E-state index is 12.4. The third kappa shape index (κ3) is 4.46. The fourth-order valence-electron chi connectivity index (χ4n) is 1.97. The van der Waals surface area contributed by atoms with Crippen LogP contribution >= 0.6 is 11.3 Å². The molecule has 0 saturated heterocycles. The number of amides is 1. The first-order valence-corrected chi connectivity index (χ1v) is 7.69. The first kappa shape index (κ1) is 16.8. The lowest BCUT2D eigenvalue weighted by atomic mass is 10.2. The molecule has 1 N–H and O–H groups in total. The van der Waals surface area contributed by atoms with Crippen LogP contribution in [-0.2, 0) is 11.3 Å². The molecule has 0 aliphatic carbocycles. The Labute approximate surface area is 137 Å². The van der Waals surface area contributed by atoms with E-state index in [1.807, 2.05) is 5.38 Å². The molecule has 1 amide bonds. The first-order chi connectivity index (χ1) is 11.0. The standard InChI is InChI=1S/C16H17NO5S/c1-17(16(20)15-13(21-2)7-8-23-15)9-11-3-5-12(6-4-11)22-10-14(18)19/h3-8H,9-10H2,1-2H3,(H,18,19). The number of carboxylic acid groups (broad SMARTS) is 1. The molecular formula is C16H17NO5S. The molecule has 6 nitrogen and oxygen atoms in total. The maximum absolute atomic E-state index is 12.4. The summed E-state index contributed by atoms with van der Waals surface area (Å²) >= 11 is 1.34. The molecule has 2 aromatic rings. The molecule has 7 heteroatoms. The van der Waals surface area contributed by atoms with Gasteiger partial charge in [0.15, 0.2) is 6.61 Å². The summed E-state index contributed by atoms with van der Waals surface area (Å²) in [7, 11) is 3.25. The van der Waals surface area contributed by atoms with Crippen LogP contribution in [0.15, 0.2) is 35.7 Å². The highest BCUT2D eigenvalue weighted by Crippen LogP contribution is 2.26. The minimum Gasteiger partial charge on any atom is -0.495 e. The van der Waals surface area contributed by atoms with Gasteiger partial charge in [-0.2, -0.15) is 0 Å². The smallest absolute Gasteiger partial charge is 0.341 e. The molecule has 23 heavy (non-hydrogen) atoms. The number of hydrogen-bond donors (Lipinski definition) is 1. The quantitative estimate of drug-likeness (QED) is 0.841. The molecule has 0 bridgehead atoms. The summed E-state index contributed by atoms with van der Waals surface area (Å²) in [5.41, 5.74) is 0.916. The topological polar surface area (TPSA) is 76.1 Å². The molecule has 0 aliphatic rings. The van der Waals surface area contributed by atoms with Crippen molar-refractivity contribution >= 4 is 23.2 Å². The molecule has 0 spiro atoms. The predicted octanol–water partition coefficient (Wildman–Crippen LogP) is 2.49. The van der Waals surface area contributed by atoms with E-state index in [1.54, 1.807) is 42.3 Å². The molecule has 0 atom stereocenters. The van der Waals surface area contributed by atoms with Gasteiger partial charge in [0, 0.05) is 13.6 Å². The number of nitrogens with zero attached hydrogens (tertiary/aromatic N) is 1. The van der Waals surface area contributed by atoms with Gasteiger partial charge in [0.25, 0.3) is 5.91 Å². The number of rotatable bonds is 7. The molecule has 0 fully saturated rings. The number of carboxylic acids is 1. The molecule has 0 saturated carbocycles. The average Bonchev–Trinajstić information content (AvgIpc) is 3.01. The Morgan fingerprint density at radius 2 is 1.91 bits per heavy atom. The van der Waals surface area contributed by atoms with Crippen LogP contribution in [0.3, 0.4) is 0 Å². The Kier molecular flexibility index (Phi) is 5.59. The van der Waals surface area contributed by atoms with Gasteiger partial charge in [0.05, 0.1) is 7.11 Å². The fraction of sp³-hybridized carbons (Fsp3) is 0.250. The van der Waals surface area contributed by atoms with Crippen molar-refractivity contribution in [2.75, 3.05) is 20.8 Å². The molecule has 0 unspecified atom stereocenters. The SMILES string of the molecule is COc1ccsc1C(=O)N(C)Cc1ccc(OCC(=O)O)cc1. The van der Waals surface area contributed by atoms with Gasteiger partial charge >= 0.3 is 5.97 Å². The van der Waals surface area contributed by atoms with Gasteiger partial charge in [-0.15, -0.1) is 11.3 Å². The highest BCUT2D eigenvalue weighted by atomic mass is 32.1. The van der Waals surface area contributed by atoms with E-state index in [9.17, 15) is 9.59 Å². The van der Waals surface area contributed by atoms with Crippen molar-refractivity contribution in [3.05, 3.63) is 46.2 Å². The Hall–Kier alpha value is -2.54. The summed E-state index contributed by atoms with van der Waals surface area (Å²) in [6.07, 6.45) is 0. The summed E-state index contributed by atoms with van der Waals surface area (Å²) in [5, 5.41) is 10.4. The van der Waals surface area contributed by atoms with Gasteiger partial charge in [-0.3, -0.25) is 4.79 Å². The maximum Gasteiger partial charge on any atom is 0.341 e. The number of carbonyl (C=O) groups excluding carboxylic acids is 1.